The van der Waals surface area contributed by atoms with Crippen LogP contribution in [-0.4, -0.2) is 17.4 Å². The molecule has 0 saturated heterocycles. The average Bonchev–Trinajstić information content (AvgIpc) is 2.62. The molecule has 0 aliphatic carbocycles. The fourth-order valence-corrected chi connectivity index (χ4v) is 1.94. The zero-order chi connectivity index (χ0) is 11.5. The number of hydrogen-bond donors (Lipinski definition) is 1. The quantitative estimate of drug-likeness (QED) is 0.826. The van der Waals surface area contributed by atoms with Crippen molar-refractivity contribution in [1.82, 2.24) is 0 Å². The molecular weight excluding hydrogens is 198 g/mol. The molecule has 2 rings (SSSR count). The van der Waals surface area contributed by atoms with Crippen molar-refractivity contribution >= 4 is 5.71 Å². The van der Waals surface area contributed by atoms with Crippen molar-refractivity contribution in [3.63, 3.8) is 0 Å². The first kappa shape index (κ1) is 11.1. The van der Waals surface area contributed by atoms with E-state index >= 15 is 0 Å². The second-order valence-electron chi connectivity index (χ2n) is 4.30. The molecule has 0 amide bonds. The smallest absolute Gasteiger partial charge is 0.0520 e. The van der Waals surface area contributed by atoms with E-state index in [1.54, 1.807) is 0 Å². The van der Waals surface area contributed by atoms with Gasteiger partial charge < -0.3 is 5.11 Å². The van der Waals surface area contributed by atoms with Crippen molar-refractivity contribution < 1.29 is 5.11 Å². The average molecular weight is 215 g/mol. The van der Waals surface area contributed by atoms with Gasteiger partial charge in [-0.2, -0.15) is 0 Å². The lowest BCUT2D eigenvalue weighted by atomic mass is 10.0. The Morgan fingerprint density at radius 2 is 1.88 bits per heavy atom. The zero-order valence-corrected chi connectivity index (χ0v) is 9.83. The number of aliphatic hydroxyl groups excluding tert-OH is 1. The van der Waals surface area contributed by atoms with Gasteiger partial charge in [0.05, 0.1) is 5.71 Å². The van der Waals surface area contributed by atoms with Gasteiger partial charge in [-0.1, -0.05) is 29.8 Å². The maximum atomic E-state index is 8.93. The molecule has 1 aliphatic heterocycles. The summed E-state index contributed by atoms with van der Waals surface area (Å²) in [5.41, 5.74) is 5.92. The van der Waals surface area contributed by atoms with Crippen LogP contribution >= 0.6 is 0 Å². The molecule has 1 aliphatic rings. The van der Waals surface area contributed by atoms with Crippen LogP contribution in [0.15, 0.2) is 40.5 Å². The normalized spacial score (nSPS) is 15.6. The molecule has 0 bridgehead atoms. The molecule has 0 aromatic heterocycles. The lowest BCUT2D eigenvalue weighted by molar-refractivity contribution is 0.298. The first-order valence-electron chi connectivity index (χ1n) is 5.65. The number of hydrogen-bond acceptors (Lipinski definition) is 2. The van der Waals surface area contributed by atoms with Crippen molar-refractivity contribution in [3.8, 4) is 0 Å². The molecule has 16 heavy (non-hydrogen) atoms. The van der Waals surface area contributed by atoms with Gasteiger partial charge >= 0.3 is 0 Å². The lowest BCUT2D eigenvalue weighted by Gasteiger charge is -2.01. The monoisotopic (exact) mass is 215 g/mol. The van der Waals surface area contributed by atoms with Gasteiger partial charge in [0.1, 0.15) is 0 Å². The fourth-order valence-electron chi connectivity index (χ4n) is 1.94. The van der Waals surface area contributed by atoms with Gasteiger partial charge in [0.2, 0.25) is 0 Å². The molecule has 0 unspecified atom stereocenters. The molecule has 0 fully saturated rings. The molecule has 0 atom stereocenters. The number of aliphatic imine (C=N–C) groups is 1. The molecule has 2 nitrogen and oxygen atoms in total. The first-order chi connectivity index (χ1) is 7.70. The molecule has 0 saturated carbocycles. The third-order valence-corrected chi connectivity index (χ3v) is 2.93. The molecule has 1 N–H and O–H groups in total. The standard InChI is InChI=1S/C14H17NO/c1-10-3-5-12(6-4-10)14-9-11(2)13(15-14)7-8-16/h3-6,16H,7-9H2,1-2H3. The Balaban J connectivity index is 2.20. The van der Waals surface area contributed by atoms with Gasteiger partial charge in [0.25, 0.3) is 0 Å². The summed E-state index contributed by atoms with van der Waals surface area (Å²) < 4.78 is 0. The van der Waals surface area contributed by atoms with Crippen molar-refractivity contribution in [2.45, 2.75) is 26.7 Å². The van der Waals surface area contributed by atoms with Gasteiger partial charge in [-0.25, -0.2) is 0 Å². The highest BCUT2D eigenvalue weighted by atomic mass is 16.3. The Kier molecular flexibility index (Phi) is 3.20. The van der Waals surface area contributed by atoms with Crippen LogP contribution in [0.3, 0.4) is 0 Å². The Bertz CT molecular complexity index is 440. The third kappa shape index (κ3) is 2.22. The van der Waals surface area contributed by atoms with Crippen LogP contribution in [-0.2, 0) is 0 Å². The van der Waals surface area contributed by atoms with Gasteiger partial charge in [0, 0.05) is 25.1 Å². The van der Waals surface area contributed by atoms with Crippen molar-refractivity contribution in [1.29, 1.82) is 0 Å². The van der Waals surface area contributed by atoms with Gasteiger partial charge in [-0.15, -0.1) is 0 Å². The molecule has 1 aromatic rings. The summed E-state index contributed by atoms with van der Waals surface area (Å²) in [6.45, 7) is 4.36. The molecule has 2 heteroatoms. The van der Waals surface area contributed by atoms with E-state index < -0.39 is 0 Å². The molecular formula is C14H17NO. The minimum Gasteiger partial charge on any atom is -0.396 e. The number of allylic oxidation sites excluding steroid dienone is 1. The highest BCUT2D eigenvalue weighted by molar-refractivity contribution is 6.04. The highest BCUT2D eigenvalue weighted by Gasteiger charge is 2.15. The summed E-state index contributed by atoms with van der Waals surface area (Å²) in [6, 6.07) is 8.45. The summed E-state index contributed by atoms with van der Waals surface area (Å²) in [6.07, 6.45) is 1.58. The fraction of sp³-hybridized carbons (Fsp3) is 0.357. The van der Waals surface area contributed by atoms with E-state index in [4.69, 9.17) is 5.11 Å². The van der Waals surface area contributed by atoms with E-state index in [0.29, 0.717) is 6.42 Å². The van der Waals surface area contributed by atoms with Crippen LogP contribution in [0.2, 0.25) is 0 Å². The zero-order valence-electron chi connectivity index (χ0n) is 9.83. The molecule has 84 valence electrons. The largest absolute Gasteiger partial charge is 0.396 e. The van der Waals surface area contributed by atoms with Crippen LogP contribution in [0.4, 0.5) is 0 Å². The topological polar surface area (TPSA) is 32.6 Å². The van der Waals surface area contributed by atoms with Gasteiger partial charge in [-0.3, -0.25) is 4.99 Å². The molecule has 1 aromatic carbocycles. The van der Waals surface area contributed by atoms with E-state index in [2.05, 4.69) is 43.1 Å². The minimum atomic E-state index is 0.178. The Labute approximate surface area is 96.3 Å². The third-order valence-electron chi connectivity index (χ3n) is 2.93. The summed E-state index contributed by atoms with van der Waals surface area (Å²) in [5, 5.41) is 8.93. The number of rotatable bonds is 3. The van der Waals surface area contributed by atoms with E-state index in [-0.39, 0.29) is 6.61 Å². The Hall–Kier alpha value is -1.41. The van der Waals surface area contributed by atoms with Crippen LogP contribution < -0.4 is 0 Å². The molecule has 0 radical (unpaired) electrons. The maximum absolute atomic E-state index is 8.93. The van der Waals surface area contributed by atoms with Crippen LogP contribution in [0.5, 0.6) is 0 Å². The van der Waals surface area contributed by atoms with Crippen molar-refractivity contribution in [2.24, 2.45) is 4.99 Å². The van der Waals surface area contributed by atoms with Gasteiger partial charge in [0.15, 0.2) is 0 Å². The van der Waals surface area contributed by atoms with Crippen LogP contribution in [0.25, 0.3) is 0 Å². The predicted octanol–water partition coefficient (Wildman–Crippen LogP) is 2.84. The summed E-state index contributed by atoms with van der Waals surface area (Å²) >= 11 is 0. The van der Waals surface area contributed by atoms with E-state index in [0.717, 1.165) is 17.8 Å². The van der Waals surface area contributed by atoms with Crippen LogP contribution in [0.1, 0.15) is 30.9 Å². The number of aryl methyl sites for hydroxylation is 1. The highest BCUT2D eigenvalue weighted by Crippen LogP contribution is 2.25. The summed E-state index contributed by atoms with van der Waals surface area (Å²) in [5.74, 6) is 0. The molecule has 1 heterocycles. The molecule has 0 spiro atoms. The number of aliphatic hydroxyl groups is 1. The van der Waals surface area contributed by atoms with E-state index in [1.165, 1.54) is 16.7 Å². The first-order valence-corrected chi connectivity index (χ1v) is 5.65. The maximum Gasteiger partial charge on any atom is 0.0520 e. The van der Waals surface area contributed by atoms with Crippen molar-refractivity contribution in [3.05, 3.63) is 46.7 Å². The van der Waals surface area contributed by atoms with Crippen molar-refractivity contribution in [2.75, 3.05) is 6.61 Å². The second-order valence-corrected chi connectivity index (χ2v) is 4.30. The second kappa shape index (κ2) is 4.62. The Morgan fingerprint density at radius 3 is 2.50 bits per heavy atom. The Morgan fingerprint density at radius 1 is 1.19 bits per heavy atom. The summed E-state index contributed by atoms with van der Waals surface area (Å²) in [4.78, 5) is 4.59. The van der Waals surface area contributed by atoms with E-state index in [1.807, 2.05) is 0 Å². The number of benzene rings is 1. The minimum absolute atomic E-state index is 0.178. The van der Waals surface area contributed by atoms with E-state index in [9.17, 15) is 0 Å². The van der Waals surface area contributed by atoms with Gasteiger partial charge in [-0.05, 0) is 25.0 Å². The SMILES string of the molecule is CC1=C(CCO)N=C(c2ccc(C)cc2)C1. The predicted molar refractivity (Wildman–Crippen MR) is 66.7 cm³/mol. The number of nitrogens with zero attached hydrogens (tertiary/aromatic N) is 1. The summed E-state index contributed by atoms with van der Waals surface area (Å²) in [7, 11) is 0. The van der Waals surface area contributed by atoms with Crippen LogP contribution in [0, 0.1) is 6.92 Å². The lowest BCUT2D eigenvalue weighted by Crippen LogP contribution is -1.96.